The minimum atomic E-state index is 0.544. The van der Waals surface area contributed by atoms with Crippen LogP contribution in [0.25, 0.3) is 0 Å². The molecule has 0 aromatic rings. The minimum absolute atomic E-state index is 0.544. The fourth-order valence-electron chi connectivity index (χ4n) is 8.26. The average Bonchev–Trinajstić information content (AvgIpc) is 2.94. The van der Waals surface area contributed by atoms with Gasteiger partial charge in [-0.25, -0.2) is 0 Å². The van der Waals surface area contributed by atoms with Crippen LogP contribution in [-0.2, 0) is 4.74 Å². The molecule has 4 fully saturated rings. The van der Waals surface area contributed by atoms with Crippen LogP contribution in [0.15, 0.2) is 0 Å². The second-order valence-electron chi connectivity index (χ2n) is 11.6. The van der Waals surface area contributed by atoms with Crippen molar-refractivity contribution in [3.8, 4) is 0 Å². The van der Waals surface area contributed by atoms with Crippen LogP contribution in [0.1, 0.15) is 85.0 Å². The van der Waals surface area contributed by atoms with Crippen LogP contribution in [0.2, 0.25) is 0 Å². The highest BCUT2D eigenvalue weighted by molar-refractivity contribution is 5.08. The van der Waals surface area contributed by atoms with Gasteiger partial charge in [-0.1, -0.05) is 20.8 Å². The molecule has 4 rings (SSSR count). The molecule has 0 heterocycles. The number of nitrogens with zero attached hydrogens (tertiary/aromatic N) is 1. The molecule has 156 valence electrons. The normalized spacial score (nSPS) is 49.6. The van der Waals surface area contributed by atoms with E-state index in [1.165, 1.54) is 64.2 Å². The SMILES string of the molecule is C[C@H]1CCC2C3CCC4C[C@@H](OCCCN(C)C)CC[C@]4(C)C3CC[C@@]21C. The summed E-state index contributed by atoms with van der Waals surface area (Å²) in [5, 5.41) is 0. The molecule has 8 atom stereocenters. The van der Waals surface area contributed by atoms with Gasteiger partial charge in [0.25, 0.3) is 0 Å². The molecule has 0 bridgehead atoms. The number of fused-ring (bicyclic) bond motifs is 5. The summed E-state index contributed by atoms with van der Waals surface area (Å²) >= 11 is 0. The van der Waals surface area contributed by atoms with Gasteiger partial charge in [-0.2, -0.15) is 0 Å². The quantitative estimate of drug-likeness (QED) is 0.546. The smallest absolute Gasteiger partial charge is 0.0578 e. The Bertz CT molecular complexity index is 518. The fraction of sp³-hybridized carbons (Fsp3) is 1.00. The molecule has 0 spiro atoms. The molecule has 4 aliphatic carbocycles. The summed E-state index contributed by atoms with van der Waals surface area (Å²) in [6, 6.07) is 0. The maximum absolute atomic E-state index is 6.34. The Balaban J connectivity index is 1.38. The Kier molecular flexibility index (Phi) is 5.71. The van der Waals surface area contributed by atoms with Gasteiger partial charge in [0, 0.05) is 6.61 Å². The molecule has 0 N–H and O–H groups in total. The van der Waals surface area contributed by atoms with Gasteiger partial charge in [0.2, 0.25) is 0 Å². The van der Waals surface area contributed by atoms with Crippen molar-refractivity contribution in [2.75, 3.05) is 27.2 Å². The molecule has 2 heteroatoms. The molecule has 0 aliphatic heterocycles. The lowest BCUT2D eigenvalue weighted by atomic mass is 9.45. The van der Waals surface area contributed by atoms with Gasteiger partial charge < -0.3 is 9.64 Å². The van der Waals surface area contributed by atoms with Crippen molar-refractivity contribution in [2.45, 2.75) is 91.1 Å². The molecular weight excluding hydrogens is 330 g/mol. The highest BCUT2D eigenvalue weighted by atomic mass is 16.5. The zero-order valence-corrected chi connectivity index (χ0v) is 18.8. The predicted octanol–water partition coefficient (Wildman–Crippen LogP) is 6.00. The predicted molar refractivity (Wildman–Crippen MR) is 114 cm³/mol. The topological polar surface area (TPSA) is 12.5 Å². The van der Waals surface area contributed by atoms with Gasteiger partial charge in [-0.3, -0.25) is 0 Å². The van der Waals surface area contributed by atoms with E-state index < -0.39 is 0 Å². The summed E-state index contributed by atoms with van der Waals surface area (Å²) < 4.78 is 6.34. The molecule has 0 radical (unpaired) electrons. The van der Waals surface area contributed by atoms with Crippen molar-refractivity contribution in [1.29, 1.82) is 0 Å². The van der Waals surface area contributed by atoms with E-state index in [4.69, 9.17) is 4.74 Å². The molecular formula is C25H45NO. The summed E-state index contributed by atoms with van der Waals surface area (Å²) in [5.74, 6) is 4.96. The molecule has 4 saturated carbocycles. The van der Waals surface area contributed by atoms with Gasteiger partial charge in [-0.05, 0) is 125 Å². The van der Waals surface area contributed by atoms with E-state index >= 15 is 0 Å². The Morgan fingerprint density at radius 2 is 1.63 bits per heavy atom. The summed E-state index contributed by atoms with van der Waals surface area (Å²) in [6.45, 7) is 10.00. The zero-order valence-electron chi connectivity index (χ0n) is 18.8. The Hall–Kier alpha value is -0.0800. The lowest BCUT2D eigenvalue weighted by Crippen LogP contribution is -2.54. The van der Waals surface area contributed by atoms with Crippen LogP contribution < -0.4 is 0 Å². The lowest BCUT2D eigenvalue weighted by molar-refractivity contribution is -0.134. The third-order valence-corrected chi connectivity index (χ3v) is 10.2. The Morgan fingerprint density at radius 3 is 2.41 bits per heavy atom. The summed E-state index contributed by atoms with van der Waals surface area (Å²) in [5.41, 5.74) is 1.27. The first-order valence-corrected chi connectivity index (χ1v) is 12.1. The second kappa shape index (κ2) is 7.63. The minimum Gasteiger partial charge on any atom is -0.378 e. The first-order valence-electron chi connectivity index (χ1n) is 12.1. The monoisotopic (exact) mass is 375 g/mol. The van der Waals surface area contributed by atoms with E-state index in [2.05, 4.69) is 39.8 Å². The van der Waals surface area contributed by atoms with E-state index in [0.717, 1.165) is 42.7 Å². The van der Waals surface area contributed by atoms with E-state index in [0.29, 0.717) is 16.9 Å². The highest BCUT2D eigenvalue weighted by Gasteiger charge is 2.59. The first-order chi connectivity index (χ1) is 12.8. The summed E-state index contributed by atoms with van der Waals surface area (Å²) in [6.07, 6.45) is 14.9. The standard InChI is InChI=1S/C25H45NO/c1-18-7-10-22-21-9-8-19-17-20(27-16-6-15-26(4)5)11-13-25(19,3)23(21)12-14-24(18,22)2/h18-23H,6-17H2,1-5H3/t18-,19?,20-,21?,22?,23?,24+,25-/m0/s1. The molecule has 2 nitrogen and oxygen atoms in total. The number of rotatable bonds is 5. The van der Waals surface area contributed by atoms with Crippen molar-refractivity contribution in [2.24, 2.45) is 40.4 Å². The Morgan fingerprint density at radius 1 is 0.889 bits per heavy atom. The van der Waals surface area contributed by atoms with Crippen LogP contribution in [0.3, 0.4) is 0 Å². The van der Waals surface area contributed by atoms with E-state index in [-0.39, 0.29) is 0 Å². The molecule has 0 aromatic heterocycles. The maximum Gasteiger partial charge on any atom is 0.0578 e. The molecule has 4 aliphatic rings. The van der Waals surface area contributed by atoms with E-state index in [1.807, 2.05) is 0 Å². The molecule has 0 amide bonds. The molecule has 4 unspecified atom stereocenters. The van der Waals surface area contributed by atoms with Crippen molar-refractivity contribution >= 4 is 0 Å². The molecule has 0 aromatic carbocycles. The van der Waals surface area contributed by atoms with Crippen LogP contribution in [-0.4, -0.2) is 38.3 Å². The second-order valence-corrected chi connectivity index (χ2v) is 11.6. The zero-order chi connectivity index (χ0) is 19.2. The molecule has 0 saturated heterocycles. The van der Waals surface area contributed by atoms with Gasteiger partial charge >= 0.3 is 0 Å². The van der Waals surface area contributed by atoms with Crippen molar-refractivity contribution in [3.63, 3.8) is 0 Å². The van der Waals surface area contributed by atoms with Crippen molar-refractivity contribution < 1.29 is 4.74 Å². The van der Waals surface area contributed by atoms with Gasteiger partial charge in [0.1, 0.15) is 0 Å². The summed E-state index contributed by atoms with van der Waals surface area (Å²) in [4.78, 5) is 2.27. The van der Waals surface area contributed by atoms with Crippen LogP contribution in [0.5, 0.6) is 0 Å². The molecule has 27 heavy (non-hydrogen) atoms. The number of hydrogen-bond donors (Lipinski definition) is 0. The van der Waals surface area contributed by atoms with E-state index in [9.17, 15) is 0 Å². The lowest BCUT2D eigenvalue weighted by Gasteiger charge is -2.61. The van der Waals surface area contributed by atoms with Gasteiger partial charge in [0.15, 0.2) is 0 Å². The average molecular weight is 376 g/mol. The van der Waals surface area contributed by atoms with Crippen LogP contribution >= 0.6 is 0 Å². The number of hydrogen-bond acceptors (Lipinski definition) is 2. The van der Waals surface area contributed by atoms with Gasteiger partial charge in [-0.15, -0.1) is 0 Å². The van der Waals surface area contributed by atoms with Gasteiger partial charge in [0.05, 0.1) is 6.10 Å². The maximum atomic E-state index is 6.34. The van der Waals surface area contributed by atoms with Crippen LogP contribution in [0.4, 0.5) is 0 Å². The van der Waals surface area contributed by atoms with Crippen molar-refractivity contribution in [1.82, 2.24) is 4.90 Å². The largest absolute Gasteiger partial charge is 0.378 e. The first kappa shape index (κ1) is 20.2. The Labute approximate surface area is 168 Å². The number of ether oxygens (including phenoxy) is 1. The third-order valence-electron chi connectivity index (χ3n) is 10.2. The third kappa shape index (κ3) is 3.52. The summed E-state index contributed by atoms with van der Waals surface area (Å²) in [7, 11) is 4.31. The highest BCUT2D eigenvalue weighted by Crippen LogP contribution is 2.67. The van der Waals surface area contributed by atoms with E-state index in [1.54, 1.807) is 0 Å². The van der Waals surface area contributed by atoms with Crippen molar-refractivity contribution in [3.05, 3.63) is 0 Å². The fourth-order valence-corrected chi connectivity index (χ4v) is 8.26. The van der Waals surface area contributed by atoms with Crippen LogP contribution in [0, 0.1) is 40.4 Å².